The number of H-pyrrole nitrogens is 2. The number of hydrogen-bond donors (Lipinski definition) is 3. The van der Waals surface area contributed by atoms with Gasteiger partial charge >= 0.3 is 5.69 Å². The summed E-state index contributed by atoms with van der Waals surface area (Å²) < 4.78 is 20.0. The van der Waals surface area contributed by atoms with Crippen LogP contribution in [0, 0.1) is 5.82 Å². The molecule has 0 aliphatic heterocycles. The Balaban J connectivity index is 1.60. The van der Waals surface area contributed by atoms with E-state index >= 15 is 0 Å². The Kier molecular flexibility index (Phi) is 6.85. The number of aliphatic imine (C=N–C) groups is 1. The predicted molar refractivity (Wildman–Crippen MR) is 145 cm³/mol. The Morgan fingerprint density at radius 3 is 2.53 bits per heavy atom. The van der Waals surface area contributed by atoms with Gasteiger partial charge in [-0.15, -0.1) is 0 Å². The van der Waals surface area contributed by atoms with Crippen molar-refractivity contribution in [1.29, 1.82) is 0 Å². The maximum atomic E-state index is 13.8. The molecule has 0 spiro atoms. The van der Waals surface area contributed by atoms with Crippen LogP contribution in [0.1, 0.15) is 16.7 Å². The molecule has 0 saturated heterocycles. The minimum atomic E-state index is -0.808. The summed E-state index contributed by atoms with van der Waals surface area (Å²) in [7, 11) is 1.51. The van der Waals surface area contributed by atoms with E-state index in [0.29, 0.717) is 28.4 Å². The first-order valence-corrected chi connectivity index (χ1v) is 12.0. The van der Waals surface area contributed by atoms with Crippen molar-refractivity contribution >= 4 is 28.2 Å². The lowest BCUT2D eigenvalue weighted by Crippen LogP contribution is -2.33. The lowest BCUT2D eigenvalue weighted by atomic mass is 10.0. The van der Waals surface area contributed by atoms with Crippen molar-refractivity contribution < 1.29 is 14.2 Å². The zero-order valence-electron chi connectivity index (χ0n) is 20.2. The second kappa shape index (κ2) is 10.4. The molecule has 0 unspecified atom stereocenters. The molecule has 5 aromatic rings. The van der Waals surface area contributed by atoms with Crippen molar-refractivity contribution in [2.24, 2.45) is 4.99 Å². The average molecular weight is 533 g/mol. The summed E-state index contributed by atoms with van der Waals surface area (Å²) in [5.74, 6) is -0.348. The number of rotatable bonds is 7. The molecule has 0 aliphatic rings. The number of aromatic nitrogens is 3. The van der Waals surface area contributed by atoms with Crippen LogP contribution in [0.2, 0.25) is 5.02 Å². The van der Waals surface area contributed by atoms with Crippen molar-refractivity contribution in [2.45, 2.75) is 6.42 Å². The highest BCUT2D eigenvalue weighted by atomic mass is 35.5. The van der Waals surface area contributed by atoms with Crippen LogP contribution >= 0.6 is 11.6 Å². The van der Waals surface area contributed by atoms with Gasteiger partial charge in [0.15, 0.2) is 0 Å². The highest BCUT2D eigenvalue weighted by molar-refractivity contribution is 6.30. The van der Waals surface area contributed by atoms with Gasteiger partial charge in [0.1, 0.15) is 17.1 Å². The summed E-state index contributed by atoms with van der Waals surface area (Å²) in [6, 6.07) is 17.5. The van der Waals surface area contributed by atoms with Gasteiger partial charge in [0.25, 0.3) is 5.56 Å². The van der Waals surface area contributed by atoms with Crippen molar-refractivity contribution in [3.8, 4) is 17.3 Å². The third-order valence-electron chi connectivity index (χ3n) is 6.15. The Bertz CT molecular complexity index is 1770. The number of benzene rings is 3. The van der Waals surface area contributed by atoms with Crippen molar-refractivity contribution in [3.63, 3.8) is 0 Å². The molecular weight excluding hydrogens is 511 g/mol. The molecule has 0 aliphatic carbocycles. The second-order valence-corrected chi connectivity index (χ2v) is 8.92. The van der Waals surface area contributed by atoms with Crippen LogP contribution in [0.25, 0.3) is 16.6 Å². The van der Waals surface area contributed by atoms with Gasteiger partial charge in [-0.3, -0.25) is 14.8 Å². The van der Waals surface area contributed by atoms with E-state index in [9.17, 15) is 19.1 Å². The lowest BCUT2D eigenvalue weighted by molar-refractivity contribution is 0.414. The number of aromatic hydroxyl groups is 1. The van der Waals surface area contributed by atoms with E-state index in [2.05, 4.69) is 15.0 Å². The smallest absolute Gasteiger partial charge is 0.335 e. The fraction of sp³-hybridized carbons (Fsp3) is 0.107. The first-order valence-electron chi connectivity index (χ1n) is 11.6. The van der Waals surface area contributed by atoms with Crippen LogP contribution in [0.15, 0.2) is 87.5 Å². The second-order valence-electron chi connectivity index (χ2n) is 8.48. The standard InChI is InChI=1S/C28H22ClFN4O4/c1-38-21-9-7-20(8-10-21)34-27(36)24(26(35)33-28(34)37)25(16-2-4-18(29)5-3-16)31-13-12-17-15-32-23-11-6-19(30)14-22(17)23/h2-11,14-15,32,36H,12-13H2,1H3,(H,33,35,37). The molecule has 0 saturated carbocycles. The van der Waals surface area contributed by atoms with Gasteiger partial charge in [-0.2, -0.15) is 0 Å². The molecule has 38 heavy (non-hydrogen) atoms. The maximum Gasteiger partial charge on any atom is 0.335 e. The number of methoxy groups -OCH3 is 1. The Morgan fingerprint density at radius 1 is 1.08 bits per heavy atom. The van der Waals surface area contributed by atoms with E-state index in [-0.39, 0.29) is 23.6 Å². The van der Waals surface area contributed by atoms with Gasteiger partial charge in [0.2, 0.25) is 5.88 Å². The molecule has 5 rings (SSSR count). The fourth-order valence-corrected chi connectivity index (χ4v) is 4.40. The number of halogens is 2. The molecule has 2 heterocycles. The van der Waals surface area contributed by atoms with Crippen LogP contribution in [0.5, 0.6) is 11.6 Å². The first kappa shape index (κ1) is 25.0. The van der Waals surface area contributed by atoms with Gasteiger partial charge < -0.3 is 14.8 Å². The van der Waals surface area contributed by atoms with E-state index in [4.69, 9.17) is 16.3 Å². The zero-order chi connectivity index (χ0) is 26.8. The molecule has 192 valence electrons. The normalized spacial score (nSPS) is 11.7. The molecule has 3 N–H and O–H groups in total. The third-order valence-corrected chi connectivity index (χ3v) is 6.40. The molecule has 10 heteroatoms. The van der Waals surface area contributed by atoms with Crippen molar-refractivity contribution in [1.82, 2.24) is 14.5 Å². The van der Waals surface area contributed by atoms with Crippen molar-refractivity contribution in [3.05, 3.63) is 121 Å². The molecule has 0 amide bonds. The zero-order valence-corrected chi connectivity index (χ0v) is 20.9. The number of ether oxygens (including phenoxy) is 1. The summed E-state index contributed by atoms with van der Waals surface area (Å²) in [5, 5.41) is 12.4. The minimum Gasteiger partial charge on any atom is -0.497 e. The summed E-state index contributed by atoms with van der Waals surface area (Å²) in [6.07, 6.45) is 2.22. The van der Waals surface area contributed by atoms with E-state index in [1.54, 1.807) is 60.8 Å². The van der Waals surface area contributed by atoms with Crippen LogP contribution in [0.3, 0.4) is 0 Å². The molecule has 0 fully saturated rings. The molecule has 0 bridgehead atoms. The van der Waals surface area contributed by atoms with Crippen LogP contribution < -0.4 is 16.0 Å². The highest BCUT2D eigenvalue weighted by Gasteiger charge is 2.22. The monoisotopic (exact) mass is 532 g/mol. The molecule has 0 atom stereocenters. The fourth-order valence-electron chi connectivity index (χ4n) is 4.28. The van der Waals surface area contributed by atoms with Gasteiger partial charge in [0, 0.05) is 34.2 Å². The third kappa shape index (κ3) is 4.83. The Labute approximate surface area is 220 Å². The number of nitrogens with zero attached hydrogens (tertiary/aromatic N) is 2. The van der Waals surface area contributed by atoms with Crippen LogP contribution in [0.4, 0.5) is 4.39 Å². The summed E-state index contributed by atoms with van der Waals surface area (Å²) >= 11 is 6.07. The summed E-state index contributed by atoms with van der Waals surface area (Å²) in [5.41, 5.74) is 0.880. The average Bonchev–Trinajstić information content (AvgIpc) is 3.30. The van der Waals surface area contributed by atoms with Gasteiger partial charge in [0.05, 0.1) is 18.5 Å². The predicted octanol–water partition coefficient (Wildman–Crippen LogP) is 4.59. The number of aromatic amines is 2. The Morgan fingerprint density at radius 2 is 1.82 bits per heavy atom. The minimum absolute atomic E-state index is 0.173. The van der Waals surface area contributed by atoms with Gasteiger partial charge in [-0.05, 0) is 66.6 Å². The largest absolute Gasteiger partial charge is 0.497 e. The SMILES string of the molecule is COc1ccc(-n2c(O)c(C(=NCCc3c[nH]c4ccc(F)cc34)c3ccc(Cl)cc3)c(=O)[nH]c2=O)cc1. The lowest BCUT2D eigenvalue weighted by Gasteiger charge is -2.14. The van der Waals surface area contributed by atoms with E-state index in [0.717, 1.165) is 21.0 Å². The van der Waals surface area contributed by atoms with E-state index in [1.165, 1.54) is 19.2 Å². The van der Waals surface area contributed by atoms with Crippen molar-refractivity contribution in [2.75, 3.05) is 13.7 Å². The summed E-state index contributed by atoms with van der Waals surface area (Å²) in [6.45, 7) is 0.210. The van der Waals surface area contributed by atoms with Crippen LogP contribution in [-0.2, 0) is 6.42 Å². The first-order chi connectivity index (χ1) is 18.4. The van der Waals surface area contributed by atoms with E-state index in [1.807, 2.05) is 0 Å². The topological polar surface area (TPSA) is 112 Å². The number of nitrogens with one attached hydrogen (secondary N) is 2. The summed E-state index contributed by atoms with van der Waals surface area (Å²) in [4.78, 5) is 35.8. The number of fused-ring (bicyclic) bond motifs is 1. The van der Waals surface area contributed by atoms with Crippen LogP contribution in [-0.4, -0.2) is 39.0 Å². The quantitative estimate of drug-likeness (QED) is 0.266. The molecular formula is C28H22ClFN4O4. The van der Waals surface area contributed by atoms with Gasteiger partial charge in [-0.25, -0.2) is 13.8 Å². The molecule has 3 aromatic carbocycles. The van der Waals surface area contributed by atoms with Gasteiger partial charge in [-0.1, -0.05) is 23.7 Å². The number of hydrogen-bond acceptors (Lipinski definition) is 5. The molecule has 2 aromatic heterocycles. The Hall–Kier alpha value is -4.63. The highest BCUT2D eigenvalue weighted by Crippen LogP contribution is 2.24. The van der Waals surface area contributed by atoms with E-state index < -0.39 is 17.1 Å². The molecule has 0 radical (unpaired) electrons. The molecule has 8 nitrogen and oxygen atoms in total. The maximum absolute atomic E-state index is 13.8.